The zero-order valence-electron chi connectivity index (χ0n) is 15.7. The minimum atomic E-state index is 0.398. The van der Waals surface area contributed by atoms with Gasteiger partial charge in [-0.3, -0.25) is 4.99 Å². The molecular formula is C19H37N3O2. The van der Waals surface area contributed by atoms with Crippen LogP contribution in [0.2, 0.25) is 0 Å². The fourth-order valence-corrected chi connectivity index (χ4v) is 3.76. The Bertz CT molecular complexity index is 349. The van der Waals surface area contributed by atoms with Gasteiger partial charge in [-0.25, -0.2) is 0 Å². The Morgan fingerprint density at radius 1 is 1.12 bits per heavy atom. The van der Waals surface area contributed by atoms with Crippen LogP contribution >= 0.6 is 0 Å². The average Bonchev–Trinajstić information content (AvgIpc) is 2.63. The van der Waals surface area contributed by atoms with E-state index >= 15 is 0 Å². The molecule has 0 aromatic heterocycles. The second-order valence-electron chi connectivity index (χ2n) is 7.19. The van der Waals surface area contributed by atoms with Crippen LogP contribution in [0.5, 0.6) is 0 Å². The van der Waals surface area contributed by atoms with Gasteiger partial charge < -0.3 is 20.1 Å². The topological polar surface area (TPSA) is 54.9 Å². The summed E-state index contributed by atoms with van der Waals surface area (Å²) in [5, 5.41) is 7.02. The molecule has 0 bridgehead atoms. The molecule has 0 amide bonds. The zero-order chi connectivity index (χ0) is 17.0. The third-order valence-corrected chi connectivity index (χ3v) is 5.24. The number of ether oxygens (including phenoxy) is 2. The van der Waals surface area contributed by atoms with Gasteiger partial charge in [0, 0.05) is 39.5 Å². The number of nitrogens with zero attached hydrogens (tertiary/aromatic N) is 1. The predicted octanol–water partition coefficient (Wildman–Crippen LogP) is 3.10. The number of aliphatic imine (C=N–C) groups is 1. The van der Waals surface area contributed by atoms with Gasteiger partial charge >= 0.3 is 0 Å². The monoisotopic (exact) mass is 339 g/mol. The van der Waals surface area contributed by atoms with Crippen molar-refractivity contribution in [1.82, 2.24) is 10.6 Å². The minimum absolute atomic E-state index is 0.398. The van der Waals surface area contributed by atoms with E-state index in [-0.39, 0.29) is 0 Å². The van der Waals surface area contributed by atoms with Gasteiger partial charge in [-0.1, -0.05) is 19.8 Å². The Kier molecular flexibility index (Phi) is 9.51. The van der Waals surface area contributed by atoms with E-state index in [2.05, 4.69) is 22.5 Å². The third kappa shape index (κ3) is 7.39. The van der Waals surface area contributed by atoms with Crippen molar-refractivity contribution in [2.75, 3.05) is 33.4 Å². The maximum atomic E-state index is 5.90. The number of hydrogen-bond donors (Lipinski definition) is 2. The van der Waals surface area contributed by atoms with Gasteiger partial charge in [-0.2, -0.15) is 0 Å². The Hall–Kier alpha value is -0.810. The Morgan fingerprint density at radius 2 is 1.88 bits per heavy atom. The van der Waals surface area contributed by atoms with Crippen molar-refractivity contribution >= 4 is 5.96 Å². The molecule has 1 saturated carbocycles. The van der Waals surface area contributed by atoms with Gasteiger partial charge in [0.05, 0.1) is 6.10 Å². The van der Waals surface area contributed by atoms with Gasteiger partial charge in [-0.05, 0) is 50.9 Å². The van der Waals surface area contributed by atoms with E-state index in [1.165, 1.54) is 38.5 Å². The highest BCUT2D eigenvalue weighted by atomic mass is 16.5. The van der Waals surface area contributed by atoms with Crippen molar-refractivity contribution in [1.29, 1.82) is 0 Å². The molecule has 2 N–H and O–H groups in total. The first-order chi connectivity index (χ1) is 11.8. The van der Waals surface area contributed by atoms with Crippen molar-refractivity contribution in [2.45, 2.75) is 76.9 Å². The average molecular weight is 340 g/mol. The number of nitrogens with one attached hydrogen (secondary N) is 2. The van der Waals surface area contributed by atoms with E-state index in [0.717, 1.165) is 57.5 Å². The van der Waals surface area contributed by atoms with E-state index in [1.807, 2.05) is 7.05 Å². The van der Waals surface area contributed by atoms with Gasteiger partial charge in [0.15, 0.2) is 5.96 Å². The largest absolute Gasteiger partial charge is 0.381 e. The fourth-order valence-electron chi connectivity index (χ4n) is 3.76. The van der Waals surface area contributed by atoms with Crippen molar-refractivity contribution < 1.29 is 9.47 Å². The van der Waals surface area contributed by atoms with Gasteiger partial charge in [0.2, 0.25) is 0 Å². The summed E-state index contributed by atoms with van der Waals surface area (Å²) in [6.45, 7) is 5.71. The Morgan fingerprint density at radius 3 is 2.54 bits per heavy atom. The molecule has 1 aliphatic carbocycles. The molecule has 0 spiro atoms. The van der Waals surface area contributed by atoms with Crippen LogP contribution < -0.4 is 10.6 Å². The molecule has 140 valence electrons. The second-order valence-corrected chi connectivity index (χ2v) is 7.19. The van der Waals surface area contributed by atoms with E-state index in [9.17, 15) is 0 Å². The molecule has 0 radical (unpaired) electrons. The standard InChI is InChI=1S/C19H37N3O2/c1-3-5-16-6-8-17(9-7-16)22-19(20-2)21-12-4-13-24-18-10-14-23-15-11-18/h16-18H,3-15H2,1-2H3,(H2,20,21,22). The van der Waals surface area contributed by atoms with Gasteiger partial charge in [-0.15, -0.1) is 0 Å². The summed E-state index contributed by atoms with van der Waals surface area (Å²) in [5.41, 5.74) is 0. The van der Waals surface area contributed by atoms with Crippen LogP contribution in [-0.4, -0.2) is 51.5 Å². The summed E-state index contributed by atoms with van der Waals surface area (Å²) in [5.74, 6) is 1.89. The molecule has 24 heavy (non-hydrogen) atoms. The molecule has 2 aliphatic rings. The van der Waals surface area contributed by atoms with Crippen LogP contribution in [0.1, 0.15) is 64.7 Å². The summed E-state index contributed by atoms with van der Waals surface area (Å²) in [6.07, 6.45) is 11.5. The van der Waals surface area contributed by atoms with E-state index < -0.39 is 0 Å². The second kappa shape index (κ2) is 11.7. The van der Waals surface area contributed by atoms with Crippen LogP contribution in [0.3, 0.4) is 0 Å². The molecule has 1 heterocycles. The lowest BCUT2D eigenvalue weighted by atomic mass is 9.83. The molecule has 1 saturated heterocycles. The van der Waals surface area contributed by atoms with Crippen LogP contribution in [0.25, 0.3) is 0 Å². The van der Waals surface area contributed by atoms with E-state index in [1.54, 1.807) is 0 Å². The van der Waals surface area contributed by atoms with Crippen molar-refractivity contribution in [3.63, 3.8) is 0 Å². The number of guanidine groups is 1. The summed E-state index contributed by atoms with van der Waals surface area (Å²) in [4.78, 5) is 4.36. The first-order valence-corrected chi connectivity index (χ1v) is 9.98. The van der Waals surface area contributed by atoms with Crippen molar-refractivity contribution in [3.05, 3.63) is 0 Å². The molecule has 0 aromatic carbocycles. The lowest BCUT2D eigenvalue weighted by Crippen LogP contribution is -2.45. The van der Waals surface area contributed by atoms with E-state index in [4.69, 9.17) is 9.47 Å². The summed E-state index contributed by atoms with van der Waals surface area (Å²) in [7, 11) is 1.86. The first kappa shape index (κ1) is 19.5. The highest BCUT2D eigenvalue weighted by Crippen LogP contribution is 2.27. The lowest BCUT2D eigenvalue weighted by molar-refractivity contribution is -0.0320. The van der Waals surface area contributed by atoms with Crippen LogP contribution in [0.15, 0.2) is 4.99 Å². The van der Waals surface area contributed by atoms with E-state index in [0.29, 0.717) is 12.1 Å². The SMILES string of the molecule is CCCC1CCC(NC(=NC)NCCCOC2CCOCC2)CC1. The molecule has 2 rings (SSSR count). The normalized spacial score (nSPS) is 26.3. The van der Waals surface area contributed by atoms with Crippen LogP contribution in [0.4, 0.5) is 0 Å². The lowest BCUT2D eigenvalue weighted by Gasteiger charge is -2.30. The van der Waals surface area contributed by atoms with Crippen molar-refractivity contribution in [3.8, 4) is 0 Å². The summed E-state index contributed by atoms with van der Waals surface area (Å²) < 4.78 is 11.3. The Labute approximate surface area is 148 Å². The molecule has 0 unspecified atom stereocenters. The number of hydrogen-bond acceptors (Lipinski definition) is 3. The minimum Gasteiger partial charge on any atom is -0.381 e. The fraction of sp³-hybridized carbons (Fsp3) is 0.947. The maximum Gasteiger partial charge on any atom is 0.191 e. The maximum absolute atomic E-state index is 5.90. The summed E-state index contributed by atoms with van der Waals surface area (Å²) >= 11 is 0. The molecule has 1 aliphatic heterocycles. The smallest absolute Gasteiger partial charge is 0.191 e. The van der Waals surface area contributed by atoms with Crippen molar-refractivity contribution in [2.24, 2.45) is 10.9 Å². The highest BCUT2D eigenvalue weighted by Gasteiger charge is 2.21. The molecule has 5 heteroatoms. The van der Waals surface area contributed by atoms with Gasteiger partial charge in [0.1, 0.15) is 0 Å². The third-order valence-electron chi connectivity index (χ3n) is 5.24. The molecule has 5 nitrogen and oxygen atoms in total. The first-order valence-electron chi connectivity index (χ1n) is 9.98. The Balaban J connectivity index is 1.52. The quantitative estimate of drug-likeness (QED) is 0.405. The molecule has 0 aromatic rings. The molecular weight excluding hydrogens is 302 g/mol. The highest BCUT2D eigenvalue weighted by molar-refractivity contribution is 5.79. The number of rotatable bonds is 8. The van der Waals surface area contributed by atoms with Gasteiger partial charge in [0.25, 0.3) is 0 Å². The predicted molar refractivity (Wildman–Crippen MR) is 99.6 cm³/mol. The summed E-state index contributed by atoms with van der Waals surface area (Å²) in [6, 6.07) is 0.586. The van der Waals surface area contributed by atoms with Crippen LogP contribution in [0, 0.1) is 5.92 Å². The molecule has 2 fully saturated rings. The van der Waals surface area contributed by atoms with Crippen LogP contribution in [-0.2, 0) is 9.47 Å². The zero-order valence-corrected chi connectivity index (χ0v) is 15.7. The molecule has 0 atom stereocenters.